The molecule has 2 amide bonds. The van der Waals surface area contributed by atoms with E-state index in [4.69, 9.17) is 16.0 Å². The Kier molecular flexibility index (Phi) is 6.64. The van der Waals surface area contributed by atoms with Gasteiger partial charge in [0.1, 0.15) is 5.76 Å². The molecule has 0 fully saturated rings. The Morgan fingerprint density at radius 1 is 1.04 bits per heavy atom. The zero-order valence-electron chi connectivity index (χ0n) is 14.4. The van der Waals surface area contributed by atoms with Crippen LogP contribution in [0.15, 0.2) is 64.6 Å². The number of carbonyl (C=O) groups is 2. The Morgan fingerprint density at radius 2 is 1.89 bits per heavy atom. The Labute approximate surface area is 165 Å². The summed E-state index contributed by atoms with van der Waals surface area (Å²) in [6.07, 6.45) is 1.60. The number of halogens is 1. The number of carbonyl (C=O) groups excluding carboxylic acids is 2. The second-order valence-corrected chi connectivity index (χ2v) is 7.23. The molecule has 140 valence electrons. The average molecular weight is 404 g/mol. The van der Waals surface area contributed by atoms with Crippen molar-refractivity contribution in [2.24, 2.45) is 0 Å². The quantitative estimate of drug-likeness (QED) is 0.592. The third-order valence-corrected chi connectivity index (χ3v) is 4.91. The summed E-state index contributed by atoms with van der Waals surface area (Å²) in [7, 11) is 0. The second kappa shape index (κ2) is 9.36. The van der Waals surface area contributed by atoms with Gasteiger partial charge in [-0.3, -0.25) is 25.3 Å². The fraction of sp³-hybridized carbons (Fsp3) is 0.158. The van der Waals surface area contributed by atoms with Crippen molar-refractivity contribution in [1.82, 2.24) is 15.8 Å². The number of hydrazine groups is 1. The molecule has 0 bridgehead atoms. The number of furan rings is 1. The van der Waals surface area contributed by atoms with Crippen molar-refractivity contribution in [2.45, 2.75) is 13.1 Å². The van der Waals surface area contributed by atoms with E-state index in [1.807, 2.05) is 34.5 Å². The lowest BCUT2D eigenvalue weighted by molar-refractivity contribution is -0.123. The Hall–Kier alpha value is -2.61. The van der Waals surface area contributed by atoms with Crippen molar-refractivity contribution in [2.75, 3.05) is 6.54 Å². The van der Waals surface area contributed by atoms with Crippen LogP contribution < -0.4 is 10.9 Å². The predicted octanol–water partition coefficient (Wildman–Crippen LogP) is 3.46. The molecule has 0 atom stereocenters. The molecule has 0 saturated carbocycles. The summed E-state index contributed by atoms with van der Waals surface area (Å²) in [5, 5.41) is 2.31. The summed E-state index contributed by atoms with van der Waals surface area (Å²) in [6, 6.07) is 14.3. The van der Waals surface area contributed by atoms with Crippen LogP contribution in [-0.4, -0.2) is 23.3 Å². The van der Waals surface area contributed by atoms with Gasteiger partial charge in [0.25, 0.3) is 11.8 Å². The number of hydrogen-bond donors (Lipinski definition) is 2. The monoisotopic (exact) mass is 403 g/mol. The fourth-order valence-corrected chi connectivity index (χ4v) is 3.46. The molecule has 8 heteroatoms. The molecule has 6 nitrogen and oxygen atoms in total. The first-order valence-corrected chi connectivity index (χ1v) is 9.48. The summed E-state index contributed by atoms with van der Waals surface area (Å²) < 4.78 is 5.38. The van der Waals surface area contributed by atoms with Gasteiger partial charge < -0.3 is 4.42 Å². The maximum absolute atomic E-state index is 12.3. The van der Waals surface area contributed by atoms with Crippen LogP contribution in [0, 0.1) is 0 Å². The molecule has 1 aromatic carbocycles. The molecule has 2 heterocycles. The van der Waals surface area contributed by atoms with E-state index in [1.165, 1.54) is 0 Å². The van der Waals surface area contributed by atoms with Crippen LogP contribution in [0.4, 0.5) is 0 Å². The van der Waals surface area contributed by atoms with Gasteiger partial charge in [-0.25, -0.2) is 0 Å². The predicted molar refractivity (Wildman–Crippen MR) is 104 cm³/mol. The standard InChI is InChI=1S/C19H18ClN3O3S/c20-17-8-2-1-7-16(17)19(25)22-21-18(24)13-23(11-14-5-3-9-26-14)12-15-6-4-10-27-15/h1-10H,11-13H2,(H,21,24)(H,22,25). The van der Waals surface area contributed by atoms with Gasteiger partial charge in [0, 0.05) is 11.4 Å². The van der Waals surface area contributed by atoms with Crippen LogP contribution in [0.1, 0.15) is 21.0 Å². The molecule has 2 N–H and O–H groups in total. The molecule has 0 aliphatic carbocycles. The van der Waals surface area contributed by atoms with Gasteiger partial charge in [-0.15, -0.1) is 11.3 Å². The topological polar surface area (TPSA) is 74.6 Å². The van der Waals surface area contributed by atoms with E-state index in [0.717, 1.165) is 10.6 Å². The van der Waals surface area contributed by atoms with Crippen molar-refractivity contribution < 1.29 is 14.0 Å². The van der Waals surface area contributed by atoms with E-state index in [9.17, 15) is 9.59 Å². The van der Waals surface area contributed by atoms with Gasteiger partial charge in [-0.05, 0) is 35.7 Å². The molecule has 0 radical (unpaired) electrons. The fourth-order valence-electron chi connectivity index (χ4n) is 2.50. The third kappa shape index (κ3) is 5.68. The van der Waals surface area contributed by atoms with Crippen molar-refractivity contribution in [3.05, 3.63) is 81.4 Å². The molecule has 2 aromatic heterocycles. The smallest absolute Gasteiger partial charge is 0.271 e. The SMILES string of the molecule is O=C(CN(Cc1ccco1)Cc1cccs1)NNC(=O)c1ccccc1Cl. The highest BCUT2D eigenvalue weighted by atomic mass is 35.5. The van der Waals surface area contributed by atoms with Gasteiger partial charge in [-0.2, -0.15) is 0 Å². The van der Waals surface area contributed by atoms with Crippen molar-refractivity contribution in [3.63, 3.8) is 0 Å². The first kappa shape index (κ1) is 19.2. The first-order chi connectivity index (χ1) is 13.1. The number of hydrogen-bond acceptors (Lipinski definition) is 5. The summed E-state index contributed by atoms with van der Waals surface area (Å²) in [5.41, 5.74) is 5.12. The molecular weight excluding hydrogens is 386 g/mol. The number of benzene rings is 1. The van der Waals surface area contributed by atoms with Gasteiger partial charge in [0.05, 0.1) is 29.9 Å². The molecule has 27 heavy (non-hydrogen) atoms. The van der Waals surface area contributed by atoms with Crippen molar-refractivity contribution in [3.8, 4) is 0 Å². The summed E-state index contributed by atoms with van der Waals surface area (Å²) in [6.45, 7) is 1.18. The minimum absolute atomic E-state index is 0.0986. The molecule has 3 rings (SSSR count). The van der Waals surface area contributed by atoms with Crippen LogP contribution in [0.25, 0.3) is 0 Å². The van der Waals surface area contributed by atoms with E-state index in [1.54, 1.807) is 41.9 Å². The lowest BCUT2D eigenvalue weighted by Gasteiger charge is -2.20. The highest BCUT2D eigenvalue weighted by molar-refractivity contribution is 7.09. The average Bonchev–Trinajstić information content (AvgIpc) is 3.34. The minimum Gasteiger partial charge on any atom is -0.468 e. The van der Waals surface area contributed by atoms with Gasteiger partial charge >= 0.3 is 0 Å². The van der Waals surface area contributed by atoms with Crippen LogP contribution >= 0.6 is 22.9 Å². The van der Waals surface area contributed by atoms with E-state index in [2.05, 4.69) is 10.9 Å². The van der Waals surface area contributed by atoms with Crippen LogP contribution in [0.3, 0.4) is 0 Å². The van der Waals surface area contributed by atoms with Crippen molar-refractivity contribution in [1.29, 1.82) is 0 Å². The molecule has 0 spiro atoms. The number of amides is 2. The number of nitrogens with one attached hydrogen (secondary N) is 2. The van der Waals surface area contributed by atoms with E-state index in [-0.39, 0.29) is 12.5 Å². The lowest BCUT2D eigenvalue weighted by Crippen LogP contribution is -2.46. The maximum atomic E-state index is 12.3. The minimum atomic E-state index is -0.468. The molecule has 0 unspecified atom stereocenters. The maximum Gasteiger partial charge on any atom is 0.271 e. The van der Waals surface area contributed by atoms with Gasteiger partial charge in [-0.1, -0.05) is 29.8 Å². The molecule has 3 aromatic rings. The Morgan fingerprint density at radius 3 is 2.59 bits per heavy atom. The number of rotatable bonds is 7. The summed E-state index contributed by atoms with van der Waals surface area (Å²) >= 11 is 7.61. The first-order valence-electron chi connectivity index (χ1n) is 8.22. The zero-order valence-corrected chi connectivity index (χ0v) is 15.9. The summed E-state index contributed by atoms with van der Waals surface area (Å²) in [5.74, 6) is -0.0391. The van der Waals surface area contributed by atoms with Crippen LogP contribution in [0.2, 0.25) is 5.02 Å². The highest BCUT2D eigenvalue weighted by Gasteiger charge is 2.15. The number of thiophene rings is 1. The zero-order chi connectivity index (χ0) is 19.1. The molecule has 0 aliphatic heterocycles. The Bertz CT molecular complexity index is 845. The van der Waals surface area contributed by atoms with Gasteiger partial charge in [0.15, 0.2) is 0 Å². The number of nitrogens with zero attached hydrogens (tertiary/aromatic N) is 1. The lowest BCUT2D eigenvalue weighted by atomic mass is 10.2. The normalized spacial score (nSPS) is 10.7. The third-order valence-electron chi connectivity index (χ3n) is 3.72. The Balaban J connectivity index is 1.56. The van der Waals surface area contributed by atoms with Crippen LogP contribution in [0.5, 0.6) is 0 Å². The van der Waals surface area contributed by atoms with E-state index >= 15 is 0 Å². The summed E-state index contributed by atoms with van der Waals surface area (Å²) in [4.78, 5) is 27.5. The molecule has 0 saturated heterocycles. The van der Waals surface area contributed by atoms with Gasteiger partial charge in [0.2, 0.25) is 0 Å². The largest absolute Gasteiger partial charge is 0.468 e. The van der Waals surface area contributed by atoms with E-state index < -0.39 is 5.91 Å². The van der Waals surface area contributed by atoms with Crippen LogP contribution in [-0.2, 0) is 17.9 Å². The highest BCUT2D eigenvalue weighted by Crippen LogP contribution is 2.15. The van der Waals surface area contributed by atoms with E-state index in [0.29, 0.717) is 23.7 Å². The molecular formula is C19H18ClN3O3S. The second-order valence-electron chi connectivity index (χ2n) is 5.79. The van der Waals surface area contributed by atoms with Crippen molar-refractivity contribution >= 4 is 34.8 Å². The molecule has 0 aliphatic rings.